The Hall–Kier alpha value is -0.0800. The number of nitrogens with zero attached hydrogens (tertiary/aromatic N) is 1. The van der Waals surface area contributed by atoms with Crippen molar-refractivity contribution >= 4 is 0 Å². The third-order valence-corrected chi connectivity index (χ3v) is 1.65. The summed E-state index contributed by atoms with van der Waals surface area (Å²) < 4.78 is 0.852. The van der Waals surface area contributed by atoms with Crippen LogP contribution in [0.4, 0.5) is 0 Å². The lowest BCUT2D eigenvalue weighted by Gasteiger charge is -2.26. The number of aliphatic hydroxyl groups excluding tert-OH is 1. The van der Waals surface area contributed by atoms with Gasteiger partial charge in [-0.1, -0.05) is 19.8 Å². The summed E-state index contributed by atoms with van der Waals surface area (Å²) in [4.78, 5) is 0. The Bertz CT molecular complexity index is 96.2. The van der Waals surface area contributed by atoms with Gasteiger partial charge in [0.2, 0.25) is 0 Å². The molecule has 0 amide bonds. The zero-order valence-electron chi connectivity index (χ0n) is 8.30. The van der Waals surface area contributed by atoms with Crippen LogP contribution in [0.1, 0.15) is 26.2 Å². The second kappa shape index (κ2) is 4.73. The summed E-state index contributed by atoms with van der Waals surface area (Å²) in [6.45, 7) is 3.01. The molecule has 0 saturated heterocycles. The van der Waals surface area contributed by atoms with Crippen LogP contribution in [0, 0.1) is 0 Å². The predicted octanol–water partition coefficient (Wildman–Crippen LogP) is 1.24. The van der Waals surface area contributed by atoms with Gasteiger partial charge in [-0.15, -0.1) is 0 Å². The molecule has 0 aromatic carbocycles. The third-order valence-electron chi connectivity index (χ3n) is 1.65. The lowest BCUT2D eigenvalue weighted by atomic mass is 10.1. The molecule has 0 aliphatic carbocycles. The molecule has 11 heavy (non-hydrogen) atoms. The molecular weight excluding hydrogens is 138 g/mol. The van der Waals surface area contributed by atoms with Crippen LogP contribution < -0.4 is 0 Å². The van der Waals surface area contributed by atoms with Gasteiger partial charge in [0.25, 0.3) is 0 Å². The Morgan fingerprint density at radius 1 is 1.27 bits per heavy atom. The molecular formula is C9H22NO+. The smallest absolute Gasteiger partial charge is 0.104 e. The van der Waals surface area contributed by atoms with Crippen LogP contribution in [-0.4, -0.2) is 43.4 Å². The van der Waals surface area contributed by atoms with Crippen LogP contribution in [0.5, 0.6) is 0 Å². The lowest BCUT2D eigenvalue weighted by molar-refractivity contribution is -0.873. The standard InChI is InChI=1S/C9H22NO/c1-5-6-7-9(11)8-10(2,3)4/h9,11H,5-8H2,1-4H3/q+1. The topological polar surface area (TPSA) is 20.2 Å². The fraction of sp³-hybridized carbons (Fsp3) is 1.00. The average Bonchev–Trinajstić information content (AvgIpc) is 1.79. The number of aliphatic hydroxyl groups is 1. The summed E-state index contributed by atoms with van der Waals surface area (Å²) in [6, 6.07) is 0. The Labute approximate surface area is 70.4 Å². The van der Waals surface area contributed by atoms with E-state index in [-0.39, 0.29) is 6.10 Å². The van der Waals surface area contributed by atoms with Crippen molar-refractivity contribution in [3.63, 3.8) is 0 Å². The van der Waals surface area contributed by atoms with E-state index in [2.05, 4.69) is 28.1 Å². The molecule has 0 saturated carbocycles. The van der Waals surface area contributed by atoms with Crippen molar-refractivity contribution in [3.05, 3.63) is 0 Å². The van der Waals surface area contributed by atoms with Crippen LogP contribution in [-0.2, 0) is 0 Å². The van der Waals surface area contributed by atoms with Crippen LogP contribution in [0.2, 0.25) is 0 Å². The average molecular weight is 160 g/mol. The molecule has 0 fully saturated rings. The first kappa shape index (κ1) is 10.9. The minimum Gasteiger partial charge on any atom is -0.387 e. The lowest BCUT2D eigenvalue weighted by Crippen LogP contribution is -2.41. The van der Waals surface area contributed by atoms with Gasteiger partial charge in [-0.05, 0) is 6.42 Å². The molecule has 0 aromatic rings. The quantitative estimate of drug-likeness (QED) is 0.600. The molecule has 1 unspecified atom stereocenters. The van der Waals surface area contributed by atoms with E-state index in [0.29, 0.717) is 0 Å². The largest absolute Gasteiger partial charge is 0.387 e. The molecule has 0 heterocycles. The first-order chi connectivity index (χ1) is 4.95. The summed E-state index contributed by atoms with van der Waals surface area (Å²) in [5.41, 5.74) is 0. The molecule has 1 atom stereocenters. The van der Waals surface area contributed by atoms with E-state index in [1.165, 1.54) is 6.42 Å². The highest BCUT2D eigenvalue weighted by atomic mass is 16.3. The van der Waals surface area contributed by atoms with Gasteiger partial charge in [-0.3, -0.25) is 0 Å². The Kier molecular flexibility index (Phi) is 4.69. The summed E-state index contributed by atoms with van der Waals surface area (Å²) in [7, 11) is 6.32. The fourth-order valence-electron chi connectivity index (χ4n) is 1.16. The molecule has 2 heteroatoms. The van der Waals surface area contributed by atoms with E-state index in [9.17, 15) is 5.11 Å². The number of rotatable bonds is 5. The number of hydrogen-bond acceptors (Lipinski definition) is 1. The van der Waals surface area contributed by atoms with Crippen molar-refractivity contribution in [2.75, 3.05) is 27.7 Å². The fourth-order valence-corrected chi connectivity index (χ4v) is 1.16. The van der Waals surface area contributed by atoms with E-state index in [1.54, 1.807) is 0 Å². The van der Waals surface area contributed by atoms with Crippen LogP contribution in [0.15, 0.2) is 0 Å². The van der Waals surface area contributed by atoms with Gasteiger partial charge in [0, 0.05) is 0 Å². The van der Waals surface area contributed by atoms with Crippen molar-refractivity contribution < 1.29 is 9.59 Å². The normalized spacial score (nSPS) is 15.0. The van der Waals surface area contributed by atoms with E-state index in [1.807, 2.05) is 0 Å². The zero-order chi connectivity index (χ0) is 8.91. The van der Waals surface area contributed by atoms with Gasteiger partial charge in [-0.25, -0.2) is 0 Å². The van der Waals surface area contributed by atoms with Crippen molar-refractivity contribution in [1.29, 1.82) is 0 Å². The maximum Gasteiger partial charge on any atom is 0.104 e. The van der Waals surface area contributed by atoms with Crippen molar-refractivity contribution in [2.24, 2.45) is 0 Å². The molecule has 0 rings (SSSR count). The molecule has 0 aliphatic rings. The van der Waals surface area contributed by atoms with Crippen LogP contribution in [0.3, 0.4) is 0 Å². The van der Waals surface area contributed by atoms with Gasteiger partial charge < -0.3 is 9.59 Å². The highest BCUT2D eigenvalue weighted by molar-refractivity contribution is 4.52. The number of unbranched alkanes of at least 4 members (excludes halogenated alkanes) is 1. The number of hydrogen-bond donors (Lipinski definition) is 1. The first-order valence-electron chi connectivity index (χ1n) is 4.44. The second-order valence-corrected chi connectivity index (χ2v) is 4.27. The zero-order valence-corrected chi connectivity index (χ0v) is 8.30. The third kappa shape index (κ3) is 7.82. The molecule has 0 aromatic heterocycles. The van der Waals surface area contributed by atoms with Crippen LogP contribution in [0.25, 0.3) is 0 Å². The van der Waals surface area contributed by atoms with Crippen LogP contribution >= 0.6 is 0 Å². The Balaban J connectivity index is 3.44. The summed E-state index contributed by atoms with van der Waals surface area (Å²) in [5.74, 6) is 0. The van der Waals surface area contributed by atoms with Crippen molar-refractivity contribution in [2.45, 2.75) is 32.3 Å². The first-order valence-corrected chi connectivity index (χ1v) is 4.44. The van der Waals surface area contributed by atoms with Gasteiger partial charge in [0.1, 0.15) is 12.6 Å². The molecule has 0 spiro atoms. The summed E-state index contributed by atoms with van der Waals surface area (Å²) in [6.07, 6.45) is 3.15. The van der Waals surface area contributed by atoms with Gasteiger partial charge in [0.15, 0.2) is 0 Å². The molecule has 2 nitrogen and oxygen atoms in total. The van der Waals surface area contributed by atoms with Crippen molar-refractivity contribution in [3.8, 4) is 0 Å². The highest BCUT2D eigenvalue weighted by Crippen LogP contribution is 2.03. The number of likely N-dealkylation sites (N-methyl/N-ethyl adjacent to an activating group) is 1. The van der Waals surface area contributed by atoms with E-state index >= 15 is 0 Å². The Morgan fingerprint density at radius 3 is 2.18 bits per heavy atom. The van der Waals surface area contributed by atoms with E-state index < -0.39 is 0 Å². The maximum absolute atomic E-state index is 9.50. The van der Waals surface area contributed by atoms with Crippen molar-refractivity contribution in [1.82, 2.24) is 0 Å². The maximum atomic E-state index is 9.50. The summed E-state index contributed by atoms with van der Waals surface area (Å²) in [5, 5.41) is 9.50. The van der Waals surface area contributed by atoms with E-state index in [4.69, 9.17) is 0 Å². The highest BCUT2D eigenvalue weighted by Gasteiger charge is 2.13. The molecule has 0 bridgehead atoms. The molecule has 68 valence electrons. The van der Waals surface area contributed by atoms with Gasteiger partial charge in [0.05, 0.1) is 21.1 Å². The van der Waals surface area contributed by atoms with Gasteiger partial charge >= 0.3 is 0 Å². The minimum atomic E-state index is -0.116. The van der Waals surface area contributed by atoms with E-state index in [0.717, 1.165) is 23.9 Å². The second-order valence-electron chi connectivity index (χ2n) is 4.27. The monoisotopic (exact) mass is 160 g/mol. The molecule has 0 aliphatic heterocycles. The molecule has 1 N–H and O–H groups in total. The minimum absolute atomic E-state index is 0.116. The van der Waals surface area contributed by atoms with Gasteiger partial charge in [-0.2, -0.15) is 0 Å². The Morgan fingerprint density at radius 2 is 1.82 bits per heavy atom. The summed E-state index contributed by atoms with van der Waals surface area (Å²) >= 11 is 0. The molecule has 0 radical (unpaired) electrons. The predicted molar refractivity (Wildman–Crippen MR) is 48.4 cm³/mol. The number of quaternary nitrogens is 1. The SMILES string of the molecule is CCCCC(O)C[N+](C)(C)C.